The monoisotopic (exact) mass is 289 g/mol. The van der Waals surface area contributed by atoms with Gasteiger partial charge in [-0.15, -0.1) is 0 Å². The smallest absolute Gasteiger partial charge is 0.0465 e. The Morgan fingerprint density at radius 3 is 2.90 bits per heavy atom. The van der Waals surface area contributed by atoms with Gasteiger partial charge in [0.15, 0.2) is 0 Å². The molecule has 2 atom stereocenters. The molecule has 0 spiro atoms. The standard InChI is InChI=1S/C19H31NO/c1-4-13-20-15-19(16(2)11-14-21-3)12-7-9-17-8-5-6-10-18(17)19/h5-6,8,10,16,20H,4,7,9,11-15H2,1-3H3. The second-order valence-electron chi connectivity index (χ2n) is 6.53. The number of hydrogen-bond acceptors (Lipinski definition) is 2. The van der Waals surface area contributed by atoms with Gasteiger partial charge < -0.3 is 10.1 Å². The van der Waals surface area contributed by atoms with Crippen LogP contribution in [0.5, 0.6) is 0 Å². The Labute approximate surface area is 130 Å². The third kappa shape index (κ3) is 3.67. The fraction of sp³-hybridized carbons (Fsp3) is 0.684. The van der Waals surface area contributed by atoms with Crippen LogP contribution in [0.4, 0.5) is 0 Å². The van der Waals surface area contributed by atoms with Crippen LogP contribution in [0.2, 0.25) is 0 Å². The van der Waals surface area contributed by atoms with Gasteiger partial charge in [-0.25, -0.2) is 0 Å². The van der Waals surface area contributed by atoms with Crippen molar-refractivity contribution in [3.05, 3.63) is 35.4 Å². The molecule has 0 fully saturated rings. The fourth-order valence-electron chi connectivity index (χ4n) is 3.88. The first kappa shape index (κ1) is 16.5. The minimum Gasteiger partial charge on any atom is -0.385 e. The quantitative estimate of drug-likeness (QED) is 0.732. The second kappa shape index (κ2) is 7.95. The van der Waals surface area contributed by atoms with Gasteiger partial charge in [-0.05, 0) is 55.7 Å². The normalized spacial score (nSPS) is 22.8. The number of ether oxygens (including phenoxy) is 1. The molecule has 2 rings (SSSR count). The number of hydrogen-bond donors (Lipinski definition) is 1. The van der Waals surface area contributed by atoms with Crippen LogP contribution in [0.15, 0.2) is 24.3 Å². The van der Waals surface area contributed by atoms with Gasteiger partial charge in [-0.1, -0.05) is 38.1 Å². The molecule has 0 amide bonds. The maximum absolute atomic E-state index is 5.34. The van der Waals surface area contributed by atoms with E-state index in [2.05, 4.69) is 43.4 Å². The summed E-state index contributed by atoms with van der Waals surface area (Å²) in [6, 6.07) is 9.09. The summed E-state index contributed by atoms with van der Waals surface area (Å²) in [7, 11) is 1.81. The van der Waals surface area contributed by atoms with Crippen molar-refractivity contribution in [2.45, 2.75) is 51.4 Å². The number of aryl methyl sites for hydroxylation is 1. The predicted octanol–water partition coefficient (Wildman–Crippen LogP) is 3.93. The van der Waals surface area contributed by atoms with Crippen LogP contribution in [0.25, 0.3) is 0 Å². The molecule has 0 heterocycles. The highest BCUT2D eigenvalue weighted by atomic mass is 16.5. The van der Waals surface area contributed by atoms with E-state index in [0.29, 0.717) is 5.92 Å². The van der Waals surface area contributed by atoms with Crippen molar-refractivity contribution < 1.29 is 4.74 Å². The molecule has 2 heteroatoms. The molecule has 0 saturated heterocycles. The maximum atomic E-state index is 5.34. The molecule has 2 nitrogen and oxygen atoms in total. The van der Waals surface area contributed by atoms with Gasteiger partial charge in [0.05, 0.1) is 0 Å². The largest absolute Gasteiger partial charge is 0.385 e. The number of benzene rings is 1. The molecule has 1 aromatic carbocycles. The molecule has 21 heavy (non-hydrogen) atoms. The summed E-state index contributed by atoms with van der Waals surface area (Å²) in [6.07, 6.45) is 6.18. The Hall–Kier alpha value is -0.860. The highest BCUT2D eigenvalue weighted by Gasteiger charge is 2.40. The first-order chi connectivity index (χ1) is 10.2. The lowest BCUT2D eigenvalue weighted by Crippen LogP contribution is -2.46. The summed E-state index contributed by atoms with van der Waals surface area (Å²) in [5.41, 5.74) is 3.43. The zero-order chi connectivity index (χ0) is 15.1. The van der Waals surface area contributed by atoms with E-state index in [9.17, 15) is 0 Å². The molecule has 1 aliphatic rings. The second-order valence-corrected chi connectivity index (χ2v) is 6.53. The van der Waals surface area contributed by atoms with Crippen molar-refractivity contribution in [1.82, 2.24) is 5.32 Å². The van der Waals surface area contributed by atoms with Crippen molar-refractivity contribution in [3.63, 3.8) is 0 Å². The molecule has 0 bridgehead atoms. The third-order valence-electron chi connectivity index (χ3n) is 5.19. The minimum atomic E-state index is 0.280. The highest BCUT2D eigenvalue weighted by molar-refractivity contribution is 5.38. The van der Waals surface area contributed by atoms with E-state index in [1.165, 1.54) is 25.7 Å². The van der Waals surface area contributed by atoms with Gasteiger partial charge in [0.1, 0.15) is 0 Å². The van der Waals surface area contributed by atoms with Gasteiger partial charge in [0.25, 0.3) is 0 Å². The molecule has 0 radical (unpaired) electrons. The maximum Gasteiger partial charge on any atom is 0.0465 e. The molecular formula is C19H31NO. The van der Waals surface area contributed by atoms with E-state index < -0.39 is 0 Å². The molecule has 0 aliphatic heterocycles. The first-order valence-electron chi connectivity index (χ1n) is 8.52. The van der Waals surface area contributed by atoms with Gasteiger partial charge in [-0.2, -0.15) is 0 Å². The summed E-state index contributed by atoms with van der Waals surface area (Å²) in [5, 5.41) is 3.70. The van der Waals surface area contributed by atoms with Crippen LogP contribution in [0.1, 0.15) is 50.7 Å². The van der Waals surface area contributed by atoms with Crippen LogP contribution in [0, 0.1) is 5.92 Å². The first-order valence-corrected chi connectivity index (χ1v) is 8.52. The van der Waals surface area contributed by atoms with E-state index in [4.69, 9.17) is 4.74 Å². The van der Waals surface area contributed by atoms with Gasteiger partial charge in [-0.3, -0.25) is 0 Å². The average molecular weight is 289 g/mol. The van der Waals surface area contributed by atoms with E-state index in [1.807, 2.05) is 7.11 Å². The van der Waals surface area contributed by atoms with Gasteiger partial charge >= 0.3 is 0 Å². The number of rotatable bonds is 8. The summed E-state index contributed by atoms with van der Waals surface area (Å²) >= 11 is 0. The van der Waals surface area contributed by atoms with Crippen LogP contribution < -0.4 is 5.32 Å². The molecular weight excluding hydrogens is 258 g/mol. The van der Waals surface area contributed by atoms with E-state index in [-0.39, 0.29) is 5.41 Å². The van der Waals surface area contributed by atoms with Crippen LogP contribution in [0.3, 0.4) is 0 Å². The zero-order valence-corrected chi connectivity index (χ0v) is 14.0. The van der Waals surface area contributed by atoms with E-state index in [0.717, 1.165) is 26.1 Å². The highest BCUT2D eigenvalue weighted by Crippen LogP contribution is 2.43. The molecule has 0 aromatic heterocycles. The summed E-state index contributed by atoms with van der Waals surface area (Å²) < 4.78 is 5.34. The topological polar surface area (TPSA) is 21.3 Å². The van der Waals surface area contributed by atoms with Crippen molar-refractivity contribution in [3.8, 4) is 0 Å². The van der Waals surface area contributed by atoms with E-state index >= 15 is 0 Å². The Morgan fingerprint density at radius 1 is 1.33 bits per heavy atom. The third-order valence-corrected chi connectivity index (χ3v) is 5.19. The fourth-order valence-corrected chi connectivity index (χ4v) is 3.88. The van der Waals surface area contributed by atoms with Crippen LogP contribution in [-0.2, 0) is 16.6 Å². The number of methoxy groups -OCH3 is 1. The summed E-state index contributed by atoms with van der Waals surface area (Å²) in [5.74, 6) is 0.642. The number of nitrogens with one attached hydrogen (secondary N) is 1. The number of fused-ring (bicyclic) bond motifs is 1. The average Bonchev–Trinajstić information content (AvgIpc) is 2.53. The Balaban J connectivity index is 2.27. The van der Waals surface area contributed by atoms with Crippen molar-refractivity contribution in [2.75, 3.05) is 26.8 Å². The molecule has 1 aliphatic carbocycles. The lowest BCUT2D eigenvalue weighted by molar-refractivity contribution is 0.143. The van der Waals surface area contributed by atoms with Crippen molar-refractivity contribution >= 4 is 0 Å². The zero-order valence-electron chi connectivity index (χ0n) is 14.0. The molecule has 0 saturated carbocycles. The van der Waals surface area contributed by atoms with Crippen LogP contribution >= 0.6 is 0 Å². The lowest BCUT2D eigenvalue weighted by Gasteiger charge is -2.44. The molecule has 1 N–H and O–H groups in total. The Bertz CT molecular complexity index is 431. The minimum absolute atomic E-state index is 0.280. The predicted molar refractivity (Wildman–Crippen MR) is 89.9 cm³/mol. The SMILES string of the molecule is CCCNCC1(C(C)CCOC)CCCc2ccccc21. The summed E-state index contributed by atoms with van der Waals surface area (Å²) in [4.78, 5) is 0. The van der Waals surface area contributed by atoms with Gasteiger partial charge in [0, 0.05) is 25.7 Å². The van der Waals surface area contributed by atoms with Gasteiger partial charge in [0.2, 0.25) is 0 Å². The molecule has 118 valence electrons. The summed E-state index contributed by atoms with van der Waals surface area (Å²) in [6.45, 7) is 7.72. The van der Waals surface area contributed by atoms with Crippen molar-refractivity contribution in [1.29, 1.82) is 0 Å². The molecule has 2 unspecified atom stereocenters. The van der Waals surface area contributed by atoms with E-state index in [1.54, 1.807) is 11.1 Å². The Morgan fingerprint density at radius 2 is 2.14 bits per heavy atom. The van der Waals surface area contributed by atoms with Crippen LogP contribution in [-0.4, -0.2) is 26.8 Å². The molecule has 1 aromatic rings. The lowest BCUT2D eigenvalue weighted by atomic mass is 9.62. The Kier molecular flexibility index (Phi) is 6.25. The van der Waals surface area contributed by atoms with Crippen molar-refractivity contribution in [2.24, 2.45) is 5.92 Å².